The molecule has 1 aliphatic heterocycles. The first-order valence-corrected chi connectivity index (χ1v) is 8.50. The third-order valence-electron chi connectivity index (χ3n) is 4.20. The molecule has 0 spiro atoms. The van der Waals surface area contributed by atoms with Crippen LogP contribution < -0.4 is 5.32 Å². The van der Waals surface area contributed by atoms with Gasteiger partial charge in [0.05, 0.1) is 16.7 Å². The number of fused-ring (bicyclic) bond motifs is 1. The number of nitrogens with zero attached hydrogens (tertiary/aromatic N) is 1. The van der Waals surface area contributed by atoms with Gasteiger partial charge < -0.3 is 10.1 Å². The molecule has 1 heterocycles. The van der Waals surface area contributed by atoms with Crippen molar-refractivity contribution in [1.29, 1.82) is 0 Å². The number of hydrogen-bond acceptors (Lipinski definition) is 5. The van der Waals surface area contributed by atoms with Crippen LogP contribution in [0.2, 0.25) is 0 Å². The minimum absolute atomic E-state index is 0.0423. The number of carbonyl (C=O) groups is 4. The van der Waals surface area contributed by atoms with Gasteiger partial charge in [-0.2, -0.15) is 0 Å². The Labute approximate surface area is 152 Å². The first-order chi connectivity index (χ1) is 12.4. The highest BCUT2D eigenvalue weighted by Gasteiger charge is 2.35. The lowest BCUT2D eigenvalue weighted by Gasteiger charge is -2.14. The number of rotatable bonds is 8. The van der Waals surface area contributed by atoms with E-state index >= 15 is 0 Å². The van der Waals surface area contributed by atoms with Crippen LogP contribution in [0.3, 0.4) is 0 Å². The van der Waals surface area contributed by atoms with Gasteiger partial charge in [0.2, 0.25) is 0 Å². The summed E-state index contributed by atoms with van der Waals surface area (Å²) in [5, 5.41) is 2.77. The number of hydrogen-bond donors (Lipinski definition) is 1. The minimum Gasteiger partial charge on any atom is -0.452 e. The maximum atomic E-state index is 12.3. The predicted octanol–water partition coefficient (Wildman–Crippen LogP) is 1.93. The van der Waals surface area contributed by atoms with Crippen LogP contribution in [-0.2, 0) is 9.53 Å². The lowest BCUT2D eigenvalue weighted by atomic mass is 10.1. The quantitative estimate of drug-likeness (QED) is 0.435. The van der Waals surface area contributed by atoms with Crippen molar-refractivity contribution in [3.8, 4) is 0 Å². The van der Waals surface area contributed by atoms with Crippen molar-refractivity contribution < 1.29 is 23.9 Å². The Morgan fingerprint density at radius 3 is 2.46 bits per heavy atom. The smallest absolute Gasteiger partial charge is 0.338 e. The Hall–Kier alpha value is -2.96. The first kappa shape index (κ1) is 19.4. The van der Waals surface area contributed by atoms with Crippen molar-refractivity contribution in [1.82, 2.24) is 10.2 Å². The first-order valence-electron chi connectivity index (χ1n) is 8.50. The summed E-state index contributed by atoms with van der Waals surface area (Å²) in [5.74, 6) is -2.01. The van der Waals surface area contributed by atoms with Crippen LogP contribution in [0.15, 0.2) is 30.9 Å². The van der Waals surface area contributed by atoms with E-state index in [2.05, 4.69) is 11.9 Å². The van der Waals surface area contributed by atoms with Crippen LogP contribution in [0, 0.1) is 0 Å². The largest absolute Gasteiger partial charge is 0.452 e. The maximum absolute atomic E-state index is 12.3. The summed E-state index contributed by atoms with van der Waals surface area (Å²) in [6.07, 6.45) is 3.03. The summed E-state index contributed by atoms with van der Waals surface area (Å²) in [5.41, 5.74) is 0.494. The molecule has 7 heteroatoms. The van der Waals surface area contributed by atoms with E-state index in [0.717, 1.165) is 17.7 Å². The molecule has 0 aliphatic carbocycles. The third kappa shape index (κ3) is 3.99. The molecule has 0 bridgehead atoms. The summed E-state index contributed by atoms with van der Waals surface area (Å²) in [6, 6.07) is 4.18. The Morgan fingerprint density at radius 1 is 1.19 bits per heavy atom. The molecule has 0 unspecified atom stereocenters. The van der Waals surface area contributed by atoms with Gasteiger partial charge >= 0.3 is 5.97 Å². The van der Waals surface area contributed by atoms with Crippen molar-refractivity contribution in [3.05, 3.63) is 47.5 Å². The van der Waals surface area contributed by atoms with E-state index in [9.17, 15) is 19.2 Å². The third-order valence-corrected chi connectivity index (χ3v) is 4.20. The van der Waals surface area contributed by atoms with Crippen molar-refractivity contribution in [2.45, 2.75) is 32.7 Å². The fourth-order valence-electron chi connectivity index (χ4n) is 2.69. The zero-order valence-electron chi connectivity index (χ0n) is 14.9. The zero-order chi connectivity index (χ0) is 19.3. The van der Waals surface area contributed by atoms with Crippen molar-refractivity contribution in [3.63, 3.8) is 0 Å². The lowest BCUT2D eigenvalue weighted by Crippen LogP contribution is -2.36. The van der Waals surface area contributed by atoms with Crippen LogP contribution in [0.1, 0.15) is 57.8 Å². The van der Waals surface area contributed by atoms with Gasteiger partial charge in [-0.05, 0) is 31.0 Å². The molecular weight excluding hydrogens is 336 g/mol. The van der Waals surface area contributed by atoms with Crippen LogP contribution >= 0.6 is 0 Å². The molecule has 1 aliphatic rings. The average Bonchev–Trinajstić information content (AvgIpc) is 2.88. The Balaban J connectivity index is 2.04. The standard InChI is InChI=1S/C19H22N2O5/c1-4-9-21-17(23)14-8-7-12(10-15(14)18(21)24)19(25)26-11-16(22)20-13(5-2)6-3/h4,7-8,10,13H,1,5-6,9,11H2,2-3H3,(H,20,22). The molecule has 3 amide bonds. The van der Waals surface area contributed by atoms with Gasteiger partial charge in [-0.15, -0.1) is 6.58 Å². The number of amides is 3. The minimum atomic E-state index is -0.727. The number of ether oxygens (including phenoxy) is 1. The van der Waals surface area contributed by atoms with Crippen LogP contribution in [0.25, 0.3) is 0 Å². The van der Waals surface area contributed by atoms with E-state index in [-0.39, 0.29) is 35.2 Å². The molecule has 2 rings (SSSR count). The highest BCUT2D eigenvalue weighted by Crippen LogP contribution is 2.24. The number of nitrogens with one attached hydrogen (secondary N) is 1. The molecule has 1 aromatic carbocycles. The van der Waals surface area contributed by atoms with E-state index < -0.39 is 24.4 Å². The number of benzene rings is 1. The molecular formula is C19H22N2O5. The van der Waals surface area contributed by atoms with E-state index in [1.54, 1.807) is 0 Å². The molecule has 0 saturated heterocycles. The second-order valence-corrected chi connectivity index (χ2v) is 5.93. The van der Waals surface area contributed by atoms with Crippen LogP contribution in [0.5, 0.6) is 0 Å². The van der Waals surface area contributed by atoms with Crippen molar-refractivity contribution in [2.24, 2.45) is 0 Å². The summed E-state index contributed by atoms with van der Waals surface area (Å²) in [6.45, 7) is 7.13. The number of imide groups is 1. The second kappa shape index (κ2) is 8.42. The molecule has 0 aromatic heterocycles. The summed E-state index contributed by atoms with van der Waals surface area (Å²) >= 11 is 0. The van der Waals surface area contributed by atoms with E-state index in [0.29, 0.717) is 0 Å². The van der Waals surface area contributed by atoms with E-state index in [4.69, 9.17) is 4.74 Å². The SMILES string of the molecule is C=CCN1C(=O)c2ccc(C(=O)OCC(=O)NC(CC)CC)cc2C1=O. The average molecular weight is 358 g/mol. The molecule has 138 valence electrons. The fourth-order valence-corrected chi connectivity index (χ4v) is 2.69. The Kier molecular flexibility index (Phi) is 6.27. The fraction of sp³-hybridized carbons (Fsp3) is 0.368. The monoisotopic (exact) mass is 358 g/mol. The van der Waals surface area contributed by atoms with Gasteiger partial charge in [-0.3, -0.25) is 19.3 Å². The second-order valence-electron chi connectivity index (χ2n) is 5.93. The predicted molar refractivity (Wildman–Crippen MR) is 94.8 cm³/mol. The molecule has 0 radical (unpaired) electrons. The molecule has 0 atom stereocenters. The van der Waals surface area contributed by atoms with Gasteiger partial charge in [-0.25, -0.2) is 4.79 Å². The van der Waals surface area contributed by atoms with Gasteiger partial charge in [0.1, 0.15) is 0 Å². The number of carbonyl (C=O) groups excluding carboxylic acids is 4. The molecule has 1 N–H and O–H groups in total. The Morgan fingerprint density at radius 2 is 1.85 bits per heavy atom. The number of esters is 1. The van der Waals surface area contributed by atoms with Gasteiger partial charge in [-0.1, -0.05) is 19.9 Å². The molecule has 0 fully saturated rings. The van der Waals surface area contributed by atoms with Gasteiger partial charge in [0.25, 0.3) is 17.7 Å². The van der Waals surface area contributed by atoms with E-state index in [1.165, 1.54) is 24.3 Å². The van der Waals surface area contributed by atoms with Crippen LogP contribution in [0.4, 0.5) is 0 Å². The van der Waals surface area contributed by atoms with E-state index in [1.807, 2.05) is 13.8 Å². The highest BCUT2D eigenvalue weighted by molar-refractivity contribution is 6.22. The van der Waals surface area contributed by atoms with Crippen molar-refractivity contribution >= 4 is 23.7 Å². The van der Waals surface area contributed by atoms with Crippen LogP contribution in [-0.4, -0.2) is 47.8 Å². The normalized spacial score (nSPS) is 13.0. The molecule has 1 aromatic rings. The van der Waals surface area contributed by atoms with Crippen molar-refractivity contribution in [2.75, 3.05) is 13.2 Å². The van der Waals surface area contributed by atoms with Gasteiger partial charge in [0, 0.05) is 12.6 Å². The summed E-state index contributed by atoms with van der Waals surface area (Å²) in [4.78, 5) is 49.4. The lowest BCUT2D eigenvalue weighted by molar-refractivity contribution is -0.125. The highest BCUT2D eigenvalue weighted by atomic mass is 16.5. The van der Waals surface area contributed by atoms with Gasteiger partial charge in [0.15, 0.2) is 6.61 Å². The topological polar surface area (TPSA) is 92.8 Å². The Bertz CT molecular complexity index is 752. The molecule has 0 saturated carbocycles. The maximum Gasteiger partial charge on any atom is 0.338 e. The molecule has 7 nitrogen and oxygen atoms in total. The summed E-state index contributed by atoms with van der Waals surface area (Å²) < 4.78 is 5.00. The zero-order valence-corrected chi connectivity index (χ0v) is 14.9. The summed E-state index contributed by atoms with van der Waals surface area (Å²) in [7, 11) is 0. The molecule has 26 heavy (non-hydrogen) atoms.